The largest absolute Gasteiger partial charge is 0.341 e. The van der Waals surface area contributed by atoms with Crippen LogP contribution < -0.4 is 0 Å². The van der Waals surface area contributed by atoms with Crippen molar-refractivity contribution in [2.45, 2.75) is 18.1 Å². The average Bonchev–Trinajstić information content (AvgIpc) is 3.00. The number of amides is 1. The maximum absolute atomic E-state index is 12.9. The van der Waals surface area contributed by atoms with Crippen LogP contribution in [0.2, 0.25) is 0 Å². The molecule has 2 aromatic rings. The number of aromatic nitrogens is 2. The van der Waals surface area contributed by atoms with Crippen LogP contribution in [0, 0.1) is 0 Å². The highest BCUT2D eigenvalue weighted by Gasteiger charge is 2.38. The molecule has 1 amide bonds. The molecule has 21 heavy (non-hydrogen) atoms. The van der Waals surface area contributed by atoms with Gasteiger partial charge in [-0.3, -0.25) is 4.79 Å². The summed E-state index contributed by atoms with van der Waals surface area (Å²) in [5.74, 6) is -0.324. The Labute approximate surface area is 121 Å². The summed E-state index contributed by atoms with van der Waals surface area (Å²) in [5, 5.41) is -1.23. The zero-order valence-electron chi connectivity index (χ0n) is 11.1. The molecule has 1 fully saturated rings. The van der Waals surface area contributed by atoms with Crippen LogP contribution in [0.4, 0.5) is 3.89 Å². The van der Waals surface area contributed by atoms with E-state index in [0.717, 1.165) is 11.3 Å². The number of carbonyl (C=O) groups is 1. The summed E-state index contributed by atoms with van der Waals surface area (Å²) in [7, 11) is -4.66. The van der Waals surface area contributed by atoms with Crippen molar-refractivity contribution < 1.29 is 17.1 Å². The number of imidazole rings is 1. The Morgan fingerprint density at radius 2 is 2.19 bits per heavy atom. The third-order valence-corrected chi connectivity index (χ3v) is 4.82. The molecule has 0 aromatic carbocycles. The first-order valence-electron chi connectivity index (χ1n) is 6.57. The molecule has 1 atom stereocenters. The van der Waals surface area contributed by atoms with E-state index in [2.05, 4.69) is 4.98 Å². The Kier molecular flexibility index (Phi) is 3.40. The topological polar surface area (TPSA) is 71.8 Å². The van der Waals surface area contributed by atoms with E-state index in [1.54, 1.807) is 6.20 Å². The molecule has 3 heterocycles. The first-order chi connectivity index (χ1) is 9.95. The molecule has 1 aliphatic heterocycles. The Hall–Kier alpha value is -1.96. The van der Waals surface area contributed by atoms with E-state index < -0.39 is 15.5 Å². The van der Waals surface area contributed by atoms with Gasteiger partial charge in [0.1, 0.15) is 10.9 Å². The second kappa shape index (κ2) is 5.10. The predicted molar refractivity (Wildman–Crippen MR) is 73.9 cm³/mol. The maximum Gasteiger partial charge on any atom is 0.307 e. The minimum absolute atomic E-state index is 0.0750. The maximum atomic E-state index is 12.9. The van der Waals surface area contributed by atoms with Crippen LogP contribution in [-0.2, 0) is 21.4 Å². The molecule has 0 spiro atoms. The number of rotatable bonds is 4. The van der Waals surface area contributed by atoms with Gasteiger partial charge in [0.05, 0.1) is 0 Å². The van der Waals surface area contributed by atoms with Crippen molar-refractivity contribution in [2.75, 3.05) is 13.1 Å². The van der Waals surface area contributed by atoms with E-state index in [9.17, 15) is 17.1 Å². The van der Waals surface area contributed by atoms with Crippen LogP contribution in [0.25, 0.3) is 5.65 Å². The van der Waals surface area contributed by atoms with Crippen LogP contribution >= 0.6 is 0 Å². The number of likely N-dealkylation sites (tertiary alicyclic amines) is 1. The van der Waals surface area contributed by atoms with E-state index in [1.165, 1.54) is 4.90 Å². The summed E-state index contributed by atoms with van der Waals surface area (Å²) in [5.41, 5.74) is 1.73. The second-order valence-electron chi connectivity index (χ2n) is 5.07. The molecular weight excluding hydrogens is 297 g/mol. The van der Waals surface area contributed by atoms with Crippen molar-refractivity contribution in [2.24, 2.45) is 0 Å². The zero-order valence-corrected chi connectivity index (χ0v) is 12.0. The fourth-order valence-electron chi connectivity index (χ4n) is 2.56. The summed E-state index contributed by atoms with van der Waals surface area (Å²) in [6.07, 6.45) is 3.86. The van der Waals surface area contributed by atoms with E-state index in [-0.39, 0.29) is 18.9 Å². The Morgan fingerprint density at radius 3 is 2.90 bits per heavy atom. The van der Waals surface area contributed by atoms with Gasteiger partial charge >= 0.3 is 10.2 Å². The number of fused-ring (bicyclic) bond motifs is 1. The normalized spacial score (nSPS) is 19.6. The van der Waals surface area contributed by atoms with Crippen LogP contribution in [0.15, 0.2) is 30.6 Å². The molecule has 112 valence electrons. The molecule has 8 heteroatoms. The van der Waals surface area contributed by atoms with Gasteiger partial charge in [0.15, 0.2) is 0 Å². The molecule has 3 rings (SSSR count). The minimum atomic E-state index is -4.66. The van der Waals surface area contributed by atoms with Gasteiger partial charge < -0.3 is 9.30 Å². The van der Waals surface area contributed by atoms with Gasteiger partial charge in [-0.25, -0.2) is 4.98 Å². The number of hydrogen-bond acceptors (Lipinski definition) is 4. The summed E-state index contributed by atoms with van der Waals surface area (Å²) in [6, 6.07) is 5.63. The highest BCUT2D eigenvalue weighted by Crippen LogP contribution is 2.20. The summed E-state index contributed by atoms with van der Waals surface area (Å²) < 4.78 is 36.6. The molecule has 1 unspecified atom stereocenters. The van der Waals surface area contributed by atoms with Gasteiger partial charge in [-0.1, -0.05) is 6.07 Å². The third-order valence-electron chi connectivity index (χ3n) is 3.71. The molecule has 0 radical (unpaired) electrons. The number of halogens is 1. The zero-order chi connectivity index (χ0) is 15.0. The molecule has 1 aliphatic rings. The molecule has 0 bridgehead atoms. The van der Waals surface area contributed by atoms with E-state index in [0.29, 0.717) is 13.0 Å². The number of pyridine rings is 1. The van der Waals surface area contributed by atoms with Crippen LogP contribution in [-0.4, -0.2) is 46.9 Å². The molecule has 1 saturated heterocycles. The van der Waals surface area contributed by atoms with Gasteiger partial charge in [-0.15, -0.1) is 3.89 Å². The Morgan fingerprint density at radius 1 is 1.38 bits per heavy atom. The van der Waals surface area contributed by atoms with Gasteiger partial charge in [-0.05, 0) is 12.1 Å². The SMILES string of the molecule is O=C1CC(S(=O)(=O)F)CN1CCc1cnc2ccccn12. The molecular formula is C13H14FN3O3S. The third kappa shape index (κ3) is 2.76. The molecule has 0 aliphatic carbocycles. The van der Waals surface area contributed by atoms with Gasteiger partial charge in [0.25, 0.3) is 0 Å². The van der Waals surface area contributed by atoms with Crippen LogP contribution in [0.5, 0.6) is 0 Å². The minimum Gasteiger partial charge on any atom is -0.341 e. The lowest BCUT2D eigenvalue weighted by Crippen LogP contribution is -2.29. The van der Waals surface area contributed by atoms with Crippen molar-refractivity contribution in [1.82, 2.24) is 14.3 Å². The number of nitrogens with zero attached hydrogens (tertiary/aromatic N) is 3. The van der Waals surface area contributed by atoms with Gasteiger partial charge in [0, 0.05) is 44.0 Å². The quantitative estimate of drug-likeness (QED) is 0.782. The van der Waals surface area contributed by atoms with Crippen molar-refractivity contribution >= 4 is 21.8 Å². The first kappa shape index (κ1) is 14.0. The predicted octanol–water partition coefficient (Wildman–Crippen LogP) is 0.777. The molecule has 6 nitrogen and oxygen atoms in total. The van der Waals surface area contributed by atoms with E-state index in [1.807, 2.05) is 28.8 Å². The summed E-state index contributed by atoms with van der Waals surface area (Å²) >= 11 is 0. The van der Waals surface area contributed by atoms with E-state index in [4.69, 9.17) is 0 Å². The molecule has 0 saturated carbocycles. The lowest BCUT2D eigenvalue weighted by Gasteiger charge is -2.15. The lowest BCUT2D eigenvalue weighted by molar-refractivity contribution is -0.127. The highest BCUT2D eigenvalue weighted by molar-refractivity contribution is 7.87. The highest BCUT2D eigenvalue weighted by atomic mass is 32.3. The molecule has 2 aromatic heterocycles. The second-order valence-corrected chi connectivity index (χ2v) is 6.69. The summed E-state index contributed by atoms with van der Waals surface area (Å²) in [4.78, 5) is 17.4. The van der Waals surface area contributed by atoms with Crippen LogP contribution in [0.1, 0.15) is 12.1 Å². The Bertz CT molecular complexity index is 787. The Balaban J connectivity index is 1.70. The first-order valence-corrected chi connectivity index (χ1v) is 8.02. The van der Waals surface area contributed by atoms with Crippen molar-refractivity contribution in [3.8, 4) is 0 Å². The van der Waals surface area contributed by atoms with Crippen molar-refractivity contribution in [3.05, 3.63) is 36.3 Å². The molecule has 0 N–H and O–H groups in total. The van der Waals surface area contributed by atoms with Gasteiger partial charge in [0.2, 0.25) is 5.91 Å². The number of hydrogen-bond donors (Lipinski definition) is 0. The standard InChI is InChI=1S/C13H14FN3O3S/c14-21(19,20)11-7-13(18)16(9-11)6-4-10-8-15-12-3-1-2-5-17(10)12/h1-3,5,8,11H,4,6-7,9H2. The summed E-state index contributed by atoms with van der Waals surface area (Å²) in [6.45, 7) is 0.280. The fourth-order valence-corrected chi connectivity index (χ4v) is 3.26. The fraction of sp³-hybridized carbons (Fsp3) is 0.385. The van der Waals surface area contributed by atoms with E-state index >= 15 is 0 Å². The number of carbonyl (C=O) groups excluding carboxylic acids is 1. The smallest absolute Gasteiger partial charge is 0.307 e. The lowest BCUT2D eigenvalue weighted by atomic mass is 10.3. The monoisotopic (exact) mass is 311 g/mol. The average molecular weight is 311 g/mol. The van der Waals surface area contributed by atoms with Gasteiger partial charge in [-0.2, -0.15) is 8.42 Å². The van der Waals surface area contributed by atoms with Crippen molar-refractivity contribution in [1.29, 1.82) is 0 Å². The van der Waals surface area contributed by atoms with Crippen LogP contribution in [0.3, 0.4) is 0 Å². The van der Waals surface area contributed by atoms with Crippen molar-refractivity contribution in [3.63, 3.8) is 0 Å².